The van der Waals surface area contributed by atoms with Gasteiger partial charge in [0.25, 0.3) is 0 Å². The van der Waals surface area contributed by atoms with Crippen LogP contribution < -0.4 is 4.87 Å². The molecule has 158 valence electrons. The van der Waals surface area contributed by atoms with E-state index in [1.807, 2.05) is 0 Å². The van der Waals surface area contributed by atoms with Crippen LogP contribution in [-0.2, 0) is 26.1 Å². The molecule has 10 heteroatoms. The van der Waals surface area contributed by atoms with Gasteiger partial charge in [0.05, 0.1) is 28.3 Å². The molecule has 0 aliphatic carbocycles. The lowest BCUT2D eigenvalue weighted by molar-refractivity contribution is -0.135. The van der Waals surface area contributed by atoms with Crippen molar-refractivity contribution < 1.29 is 17.9 Å². The monoisotopic (exact) mass is 439 g/mol. The van der Waals surface area contributed by atoms with E-state index in [4.69, 9.17) is 4.74 Å². The number of ether oxygens (including phenoxy) is 1. The first kappa shape index (κ1) is 20.5. The average molecular weight is 440 g/mol. The first-order valence-corrected chi connectivity index (χ1v) is 12.2. The molecule has 2 saturated heterocycles. The number of piperidine rings is 1. The summed E-state index contributed by atoms with van der Waals surface area (Å²) in [7, 11) is -3.54. The van der Waals surface area contributed by atoms with Gasteiger partial charge in [0, 0.05) is 39.1 Å². The summed E-state index contributed by atoms with van der Waals surface area (Å²) in [6.45, 7) is 3.62. The zero-order chi connectivity index (χ0) is 20.4. The maximum Gasteiger partial charge on any atom is 0.308 e. The van der Waals surface area contributed by atoms with Gasteiger partial charge in [0.1, 0.15) is 0 Å². The number of sulfonamides is 1. The molecular formula is C19H25N3O5S2. The van der Waals surface area contributed by atoms with Crippen LogP contribution in [-0.4, -0.2) is 67.5 Å². The van der Waals surface area contributed by atoms with Gasteiger partial charge in [-0.15, -0.1) is 0 Å². The third kappa shape index (κ3) is 4.25. The highest BCUT2D eigenvalue weighted by molar-refractivity contribution is 7.89. The number of hydrogen-bond acceptors (Lipinski definition) is 6. The Morgan fingerprint density at radius 1 is 1.07 bits per heavy atom. The van der Waals surface area contributed by atoms with Crippen LogP contribution in [0.3, 0.4) is 0 Å². The van der Waals surface area contributed by atoms with E-state index in [-0.39, 0.29) is 28.6 Å². The third-order valence-corrected chi connectivity index (χ3v) is 8.34. The molecule has 0 spiro atoms. The van der Waals surface area contributed by atoms with Gasteiger partial charge in [-0.2, -0.15) is 4.31 Å². The zero-order valence-electron chi connectivity index (χ0n) is 16.2. The summed E-state index contributed by atoms with van der Waals surface area (Å²) in [6.07, 6.45) is 3.04. The minimum atomic E-state index is -3.54. The van der Waals surface area contributed by atoms with Gasteiger partial charge >= 0.3 is 4.87 Å². The maximum absolute atomic E-state index is 12.9. The lowest BCUT2D eigenvalue weighted by Crippen LogP contribution is -2.41. The van der Waals surface area contributed by atoms with E-state index in [0.717, 1.165) is 30.6 Å². The lowest BCUT2D eigenvalue weighted by Gasteiger charge is -2.26. The van der Waals surface area contributed by atoms with Crippen molar-refractivity contribution in [3.05, 3.63) is 27.9 Å². The Kier molecular flexibility index (Phi) is 6.05. The second-order valence-corrected chi connectivity index (χ2v) is 10.3. The van der Waals surface area contributed by atoms with Crippen LogP contribution in [0.2, 0.25) is 0 Å². The van der Waals surface area contributed by atoms with Crippen LogP contribution in [0.4, 0.5) is 0 Å². The van der Waals surface area contributed by atoms with Crippen molar-refractivity contribution in [1.29, 1.82) is 0 Å². The molecule has 0 atom stereocenters. The topological polar surface area (TPSA) is 88.9 Å². The number of benzene rings is 1. The average Bonchev–Trinajstić information content (AvgIpc) is 3.07. The van der Waals surface area contributed by atoms with Crippen LogP contribution >= 0.6 is 11.3 Å². The number of rotatable bonds is 5. The largest absolute Gasteiger partial charge is 0.378 e. The van der Waals surface area contributed by atoms with Gasteiger partial charge in [0.15, 0.2) is 0 Å². The van der Waals surface area contributed by atoms with Crippen LogP contribution in [0.15, 0.2) is 27.9 Å². The quantitative estimate of drug-likeness (QED) is 0.704. The molecule has 0 bridgehead atoms. The lowest BCUT2D eigenvalue weighted by atomic mass is 10.2. The fourth-order valence-electron chi connectivity index (χ4n) is 3.85. The Balaban J connectivity index is 1.53. The highest BCUT2D eigenvalue weighted by atomic mass is 32.2. The van der Waals surface area contributed by atoms with Gasteiger partial charge in [-0.1, -0.05) is 17.8 Å². The Bertz CT molecular complexity index is 1050. The van der Waals surface area contributed by atoms with Gasteiger partial charge in [0.2, 0.25) is 15.9 Å². The van der Waals surface area contributed by atoms with E-state index in [9.17, 15) is 18.0 Å². The molecule has 2 aliphatic heterocycles. The summed E-state index contributed by atoms with van der Waals surface area (Å²) in [5.74, 6) is 0.00356. The third-order valence-electron chi connectivity index (χ3n) is 5.51. The number of hydrogen-bond donors (Lipinski definition) is 0. The number of carbonyl (C=O) groups excluding carboxylic acids is 1. The Labute approximate surface area is 173 Å². The molecule has 0 radical (unpaired) electrons. The fourth-order valence-corrected chi connectivity index (χ4v) is 6.43. The maximum atomic E-state index is 12.9. The van der Waals surface area contributed by atoms with Crippen molar-refractivity contribution in [1.82, 2.24) is 13.8 Å². The van der Waals surface area contributed by atoms with Crippen molar-refractivity contribution in [3.8, 4) is 0 Å². The summed E-state index contributed by atoms with van der Waals surface area (Å²) < 4.78 is 34.8. The molecule has 3 heterocycles. The molecule has 2 aliphatic rings. The molecule has 0 N–H and O–H groups in total. The predicted octanol–water partition coefficient (Wildman–Crippen LogP) is 1.49. The first-order chi connectivity index (χ1) is 14.0. The number of aromatic nitrogens is 1. The molecule has 0 unspecified atom stereocenters. The fraction of sp³-hybridized carbons (Fsp3) is 0.579. The minimum Gasteiger partial charge on any atom is -0.378 e. The highest BCUT2D eigenvalue weighted by Gasteiger charge is 2.26. The zero-order valence-corrected chi connectivity index (χ0v) is 17.8. The van der Waals surface area contributed by atoms with Crippen molar-refractivity contribution >= 4 is 37.5 Å². The number of nitrogens with zero attached hydrogens (tertiary/aromatic N) is 3. The highest BCUT2D eigenvalue weighted by Crippen LogP contribution is 2.26. The molecule has 1 aromatic carbocycles. The Morgan fingerprint density at radius 2 is 1.79 bits per heavy atom. The van der Waals surface area contributed by atoms with Crippen molar-refractivity contribution in [2.24, 2.45) is 0 Å². The summed E-state index contributed by atoms with van der Waals surface area (Å²) in [5.41, 5.74) is 0.673. The summed E-state index contributed by atoms with van der Waals surface area (Å²) in [5, 5.41) is 0. The van der Waals surface area contributed by atoms with E-state index in [1.54, 1.807) is 27.7 Å². The van der Waals surface area contributed by atoms with Crippen LogP contribution in [0.5, 0.6) is 0 Å². The normalized spacial score (nSPS) is 19.0. The van der Waals surface area contributed by atoms with Gasteiger partial charge < -0.3 is 9.64 Å². The second kappa shape index (κ2) is 8.55. The molecule has 1 amide bonds. The molecule has 0 saturated carbocycles. The smallest absolute Gasteiger partial charge is 0.308 e. The standard InChI is InChI=1S/C19H25N3O5S2/c23-18(20-10-12-27-13-11-20)6-9-22-16-5-4-15(14-17(16)28-19(22)24)29(25,26)21-7-2-1-3-8-21/h4-5,14H,1-3,6-13H2. The Hall–Kier alpha value is -1.75. The molecule has 2 aromatic rings. The van der Waals surface area contributed by atoms with E-state index in [2.05, 4.69) is 0 Å². The SMILES string of the molecule is O=C(CCn1c(=O)sc2cc(S(=O)(=O)N3CCCCC3)ccc21)N1CCOCC1. The van der Waals surface area contributed by atoms with Crippen LogP contribution in [0.1, 0.15) is 25.7 Å². The van der Waals surface area contributed by atoms with Gasteiger partial charge in [-0.05, 0) is 31.0 Å². The second-order valence-electron chi connectivity index (χ2n) is 7.36. The summed E-state index contributed by atoms with van der Waals surface area (Å²) >= 11 is 1.02. The van der Waals surface area contributed by atoms with Crippen molar-refractivity contribution in [3.63, 3.8) is 0 Å². The summed E-state index contributed by atoms with van der Waals surface area (Å²) in [4.78, 5) is 26.6. The van der Waals surface area contributed by atoms with E-state index < -0.39 is 10.0 Å². The first-order valence-electron chi connectivity index (χ1n) is 9.96. The molecular weight excluding hydrogens is 414 g/mol. The molecule has 29 heavy (non-hydrogen) atoms. The Morgan fingerprint density at radius 3 is 2.52 bits per heavy atom. The minimum absolute atomic E-state index is 0.00356. The number of carbonyl (C=O) groups is 1. The number of thiazole rings is 1. The van der Waals surface area contributed by atoms with Crippen LogP contribution in [0, 0.1) is 0 Å². The van der Waals surface area contributed by atoms with Gasteiger partial charge in [-0.3, -0.25) is 14.2 Å². The number of morpholine rings is 1. The number of aryl methyl sites for hydroxylation is 1. The predicted molar refractivity (Wildman–Crippen MR) is 111 cm³/mol. The number of amides is 1. The number of fused-ring (bicyclic) bond motifs is 1. The van der Waals surface area contributed by atoms with E-state index in [0.29, 0.717) is 49.6 Å². The van der Waals surface area contributed by atoms with Crippen molar-refractivity contribution in [2.75, 3.05) is 39.4 Å². The van der Waals surface area contributed by atoms with Gasteiger partial charge in [-0.25, -0.2) is 8.42 Å². The van der Waals surface area contributed by atoms with Crippen molar-refractivity contribution in [2.45, 2.75) is 37.1 Å². The van der Waals surface area contributed by atoms with Crippen LogP contribution in [0.25, 0.3) is 10.2 Å². The molecule has 1 aromatic heterocycles. The molecule has 2 fully saturated rings. The molecule has 8 nitrogen and oxygen atoms in total. The van der Waals surface area contributed by atoms with E-state index >= 15 is 0 Å². The molecule has 4 rings (SSSR count). The van der Waals surface area contributed by atoms with E-state index in [1.165, 1.54) is 4.31 Å². The summed E-state index contributed by atoms with van der Waals surface area (Å²) in [6, 6.07) is 4.84.